The Morgan fingerprint density at radius 2 is 2.35 bits per heavy atom. The molecule has 0 amide bonds. The molecule has 0 bridgehead atoms. The lowest BCUT2D eigenvalue weighted by molar-refractivity contribution is 0.408. The van der Waals surface area contributed by atoms with E-state index in [1.165, 1.54) is 19.0 Å². The fraction of sp³-hybridized carbons (Fsp3) is 0.583. The minimum absolute atomic E-state index is 0.392. The van der Waals surface area contributed by atoms with E-state index in [0.29, 0.717) is 22.6 Å². The molecule has 1 fully saturated rings. The van der Waals surface area contributed by atoms with Gasteiger partial charge in [-0.25, -0.2) is 4.98 Å². The van der Waals surface area contributed by atoms with Crippen LogP contribution in [0.15, 0.2) is 12.3 Å². The highest BCUT2D eigenvalue weighted by Crippen LogP contribution is 2.46. The summed E-state index contributed by atoms with van der Waals surface area (Å²) in [6, 6.07) is 1.69. The number of pyridine rings is 1. The van der Waals surface area contributed by atoms with Gasteiger partial charge >= 0.3 is 0 Å². The van der Waals surface area contributed by atoms with Crippen molar-refractivity contribution >= 4 is 11.8 Å². The maximum Gasteiger partial charge on any atom is 0.217 e. The van der Waals surface area contributed by atoms with E-state index < -0.39 is 5.95 Å². The molecule has 1 aliphatic rings. The molecule has 1 aliphatic carbocycles. The molecule has 2 rings (SSSR count). The molecule has 0 radical (unpaired) electrons. The monoisotopic (exact) mass is 256 g/mol. The van der Waals surface area contributed by atoms with Crippen LogP contribution in [-0.4, -0.2) is 29.6 Å². The minimum Gasteiger partial charge on any atom is -0.495 e. The van der Waals surface area contributed by atoms with Gasteiger partial charge in [-0.15, -0.1) is 0 Å². The Kier molecular flexibility index (Phi) is 3.89. The van der Waals surface area contributed by atoms with E-state index in [9.17, 15) is 4.39 Å². The van der Waals surface area contributed by atoms with Crippen molar-refractivity contribution in [3.8, 4) is 5.75 Å². The maximum absolute atomic E-state index is 13.4. The first-order chi connectivity index (χ1) is 8.19. The van der Waals surface area contributed by atoms with Gasteiger partial charge in [-0.2, -0.15) is 16.2 Å². The Morgan fingerprint density at radius 1 is 1.59 bits per heavy atom. The third-order valence-corrected chi connectivity index (χ3v) is 4.54. The van der Waals surface area contributed by atoms with Crippen LogP contribution in [0.1, 0.15) is 18.4 Å². The van der Waals surface area contributed by atoms with Crippen LogP contribution in [0.5, 0.6) is 5.75 Å². The highest BCUT2D eigenvalue weighted by molar-refractivity contribution is 8.00. The molecule has 3 nitrogen and oxygen atoms in total. The van der Waals surface area contributed by atoms with Gasteiger partial charge in [-0.05, 0) is 25.2 Å². The van der Waals surface area contributed by atoms with Gasteiger partial charge in [0, 0.05) is 23.4 Å². The number of hydrogen-bond donors (Lipinski definition) is 1. The Labute approximate surface area is 105 Å². The molecule has 94 valence electrons. The number of ether oxygens (including phenoxy) is 1. The Morgan fingerprint density at radius 3 is 2.94 bits per heavy atom. The number of aromatic nitrogens is 1. The average molecular weight is 256 g/mol. The molecule has 1 aromatic rings. The number of nitrogens with zero attached hydrogens (tertiary/aromatic N) is 1. The van der Waals surface area contributed by atoms with Gasteiger partial charge in [-0.1, -0.05) is 0 Å². The summed E-state index contributed by atoms with van der Waals surface area (Å²) >= 11 is 1.89. The third kappa shape index (κ3) is 3.10. The van der Waals surface area contributed by atoms with E-state index >= 15 is 0 Å². The quantitative estimate of drug-likeness (QED) is 0.791. The second kappa shape index (κ2) is 5.23. The van der Waals surface area contributed by atoms with Crippen molar-refractivity contribution in [2.24, 2.45) is 0 Å². The minimum atomic E-state index is -0.424. The van der Waals surface area contributed by atoms with E-state index in [4.69, 9.17) is 4.74 Å². The number of nitrogens with one attached hydrogen (secondary N) is 1. The van der Waals surface area contributed by atoms with Crippen LogP contribution in [0.25, 0.3) is 0 Å². The van der Waals surface area contributed by atoms with Gasteiger partial charge in [0.05, 0.1) is 13.3 Å². The number of rotatable bonds is 6. The molecule has 1 heterocycles. The topological polar surface area (TPSA) is 34.1 Å². The first kappa shape index (κ1) is 12.6. The lowest BCUT2D eigenvalue weighted by atomic mass is 10.2. The lowest BCUT2D eigenvalue weighted by Gasteiger charge is -2.13. The van der Waals surface area contributed by atoms with Crippen molar-refractivity contribution in [1.82, 2.24) is 10.3 Å². The molecule has 1 N–H and O–H groups in total. The predicted molar refractivity (Wildman–Crippen MR) is 67.9 cm³/mol. The van der Waals surface area contributed by atoms with Crippen molar-refractivity contribution in [2.75, 3.05) is 19.9 Å². The second-order valence-corrected chi connectivity index (χ2v) is 5.59. The zero-order valence-electron chi connectivity index (χ0n) is 10.1. The molecule has 1 aromatic heterocycles. The molecule has 0 spiro atoms. The molecular weight excluding hydrogens is 239 g/mol. The van der Waals surface area contributed by atoms with Crippen LogP contribution in [-0.2, 0) is 6.54 Å². The first-order valence-electron chi connectivity index (χ1n) is 5.63. The SMILES string of the molecule is COc1cnc(F)c(CNCC2(SC)CC2)c1. The van der Waals surface area contributed by atoms with Crippen LogP contribution in [0.4, 0.5) is 4.39 Å². The summed E-state index contributed by atoms with van der Waals surface area (Å²) in [5, 5.41) is 3.29. The largest absolute Gasteiger partial charge is 0.495 e. The van der Waals surface area contributed by atoms with Gasteiger partial charge in [-0.3, -0.25) is 0 Å². The standard InChI is InChI=1S/C12H17FN2OS/c1-16-10-5-9(11(13)15-7-10)6-14-8-12(17-2)3-4-12/h5,7,14H,3-4,6,8H2,1-2H3. The normalized spacial score (nSPS) is 16.9. The van der Waals surface area contributed by atoms with Gasteiger partial charge in [0.15, 0.2) is 0 Å². The highest BCUT2D eigenvalue weighted by atomic mass is 32.2. The molecule has 0 saturated heterocycles. The fourth-order valence-electron chi connectivity index (χ4n) is 1.72. The summed E-state index contributed by atoms with van der Waals surface area (Å²) in [5.41, 5.74) is 0.557. The van der Waals surface area contributed by atoms with Crippen LogP contribution >= 0.6 is 11.8 Å². The summed E-state index contributed by atoms with van der Waals surface area (Å²) < 4.78 is 18.8. The van der Waals surface area contributed by atoms with E-state index in [2.05, 4.69) is 16.6 Å². The van der Waals surface area contributed by atoms with Crippen molar-refractivity contribution in [1.29, 1.82) is 0 Å². The van der Waals surface area contributed by atoms with E-state index in [0.717, 1.165) is 6.54 Å². The number of halogens is 1. The predicted octanol–water partition coefficient (Wildman–Crippen LogP) is 2.21. The highest BCUT2D eigenvalue weighted by Gasteiger charge is 2.41. The summed E-state index contributed by atoms with van der Waals surface area (Å²) in [6.45, 7) is 1.42. The summed E-state index contributed by atoms with van der Waals surface area (Å²) in [7, 11) is 1.55. The van der Waals surface area contributed by atoms with Crippen molar-refractivity contribution in [3.63, 3.8) is 0 Å². The summed E-state index contributed by atoms with van der Waals surface area (Å²) in [4.78, 5) is 3.66. The van der Waals surface area contributed by atoms with Crippen LogP contribution in [0, 0.1) is 5.95 Å². The Bertz CT molecular complexity index is 396. The van der Waals surface area contributed by atoms with Gasteiger partial charge in [0.2, 0.25) is 5.95 Å². The molecular formula is C12H17FN2OS. The van der Waals surface area contributed by atoms with Gasteiger partial charge < -0.3 is 10.1 Å². The zero-order valence-corrected chi connectivity index (χ0v) is 10.9. The zero-order chi connectivity index (χ0) is 12.3. The van der Waals surface area contributed by atoms with Crippen LogP contribution < -0.4 is 10.1 Å². The summed E-state index contributed by atoms with van der Waals surface area (Å²) in [6.07, 6.45) is 6.02. The number of hydrogen-bond acceptors (Lipinski definition) is 4. The number of methoxy groups -OCH3 is 1. The van der Waals surface area contributed by atoms with E-state index in [1.54, 1.807) is 13.2 Å². The molecule has 0 atom stereocenters. The van der Waals surface area contributed by atoms with Gasteiger partial charge in [0.1, 0.15) is 5.75 Å². The van der Waals surface area contributed by atoms with E-state index in [-0.39, 0.29) is 0 Å². The van der Waals surface area contributed by atoms with Crippen molar-refractivity contribution < 1.29 is 9.13 Å². The Balaban J connectivity index is 1.89. The lowest BCUT2D eigenvalue weighted by Crippen LogP contribution is -2.25. The molecule has 0 aromatic carbocycles. The third-order valence-electron chi connectivity index (χ3n) is 3.13. The smallest absolute Gasteiger partial charge is 0.217 e. The number of thioether (sulfide) groups is 1. The second-order valence-electron chi connectivity index (χ2n) is 4.32. The molecule has 1 saturated carbocycles. The summed E-state index contributed by atoms with van der Waals surface area (Å²) in [5.74, 6) is 0.168. The fourth-order valence-corrected chi connectivity index (χ4v) is 2.48. The van der Waals surface area contributed by atoms with Crippen molar-refractivity contribution in [2.45, 2.75) is 24.1 Å². The molecule has 17 heavy (non-hydrogen) atoms. The van der Waals surface area contributed by atoms with Gasteiger partial charge in [0.25, 0.3) is 0 Å². The molecule has 0 aliphatic heterocycles. The average Bonchev–Trinajstić information content (AvgIpc) is 3.12. The molecule has 5 heteroatoms. The van der Waals surface area contributed by atoms with E-state index in [1.807, 2.05) is 11.8 Å². The van der Waals surface area contributed by atoms with Crippen LogP contribution in [0.3, 0.4) is 0 Å². The Hall–Kier alpha value is -0.810. The van der Waals surface area contributed by atoms with Crippen LogP contribution in [0.2, 0.25) is 0 Å². The van der Waals surface area contributed by atoms with Crippen molar-refractivity contribution in [3.05, 3.63) is 23.8 Å². The maximum atomic E-state index is 13.4. The molecule has 0 unspecified atom stereocenters. The first-order valence-corrected chi connectivity index (χ1v) is 6.86.